The second-order valence-electron chi connectivity index (χ2n) is 5.80. The lowest BCUT2D eigenvalue weighted by atomic mass is 10.1. The van der Waals surface area contributed by atoms with Crippen LogP contribution in [0.2, 0.25) is 0 Å². The van der Waals surface area contributed by atoms with Crippen LogP contribution in [0.3, 0.4) is 0 Å². The molecular formula is C16H21N3O. The first-order valence-corrected chi connectivity index (χ1v) is 7.22. The number of piperazine rings is 1. The van der Waals surface area contributed by atoms with Crippen LogP contribution in [-0.4, -0.2) is 41.0 Å². The van der Waals surface area contributed by atoms with Crippen molar-refractivity contribution in [1.82, 2.24) is 15.2 Å². The van der Waals surface area contributed by atoms with Crippen LogP contribution in [0.5, 0.6) is 0 Å². The Balaban J connectivity index is 1.75. The van der Waals surface area contributed by atoms with E-state index in [0.29, 0.717) is 18.5 Å². The van der Waals surface area contributed by atoms with E-state index in [1.807, 2.05) is 29.3 Å². The number of nitrogens with one attached hydrogen (secondary N) is 2. The van der Waals surface area contributed by atoms with Gasteiger partial charge in [-0.3, -0.25) is 4.79 Å². The number of aromatic amines is 1. The molecule has 2 atom stereocenters. The minimum Gasteiger partial charge on any atom is -0.361 e. The summed E-state index contributed by atoms with van der Waals surface area (Å²) in [6, 6.07) is 8.86. The van der Waals surface area contributed by atoms with E-state index < -0.39 is 0 Å². The van der Waals surface area contributed by atoms with Crippen molar-refractivity contribution in [1.29, 1.82) is 0 Å². The topological polar surface area (TPSA) is 48.1 Å². The van der Waals surface area contributed by atoms with E-state index in [1.165, 1.54) is 0 Å². The van der Waals surface area contributed by atoms with E-state index in [2.05, 4.69) is 30.2 Å². The maximum Gasteiger partial charge on any atom is 0.227 e. The van der Waals surface area contributed by atoms with Gasteiger partial charge in [0.2, 0.25) is 5.91 Å². The number of hydrogen-bond donors (Lipinski definition) is 2. The number of H-pyrrole nitrogens is 1. The van der Waals surface area contributed by atoms with E-state index in [9.17, 15) is 4.79 Å². The molecule has 2 N–H and O–H groups in total. The molecule has 1 fully saturated rings. The highest BCUT2D eigenvalue weighted by atomic mass is 16.2. The number of carbonyl (C=O) groups is 1. The Hall–Kier alpha value is -1.81. The molecule has 3 rings (SSSR count). The highest BCUT2D eigenvalue weighted by Crippen LogP contribution is 2.19. The quantitative estimate of drug-likeness (QED) is 0.876. The van der Waals surface area contributed by atoms with Gasteiger partial charge in [-0.05, 0) is 25.5 Å². The van der Waals surface area contributed by atoms with Crippen molar-refractivity contribution in [3.05, 3.63) is 36.0 Å². The molecule has 0 aliphatic carbocycles. The largest absolute Gasteiger partial charge is 0.361 e. The van der Waals surface area contributed by atoms with E-state index in [1.54, 1.807) is 0 Å². The highest BCUT2D eigenvalue weighted by molar-refractivity contribution is 5.88. The Bertz CT molecular complexity index is 609. The van der Waals surface area contributed by atoms with Gasteiger partial charge >= 0.3 is 0 Å². The first-order chi connectivity index (χ1) is 9.63. The standard InChI is InChI=1S/C16H21N3O/c1-11-9-19(10-12(2)18-11)16(20)7-13-8-17-15-6-4-3-5-14(13)15/h3-6,8,11-12,17-18H,7,9-10H2,1-2H3. The zero-order valence-corrected chi connectivity index (χ0v) is 12.0. The Morgan fingerprint density at radius 1 is 1.25 bits per heavy atom. The minimum absolute atomic E-state index is 0.218. The van der Waals surface area contributed by atoms with Gasteiger partial charge in [-0.15, -0.1) is 0 Å². The van der Waals surface area contributed by atoms with Crippen molar-refractivity contribution in [2.75, 3.05) is 13.1 Å². The maximum atomic E-state index is 12.5. The third kappa shape index (κ3) is 2.56. The van der Waals surface area contributed by atoms with Gasteiger partial charge in [0, 0.05) is 42.3 Å². The molecular weight excluding hydrogens is 250 g/mol. The van der Waals surface area contributed by atoms with Crippen LogP contribution in [0.15, 0.2) is 30.5 Å². The van der Waals surface area contributed by atoms with Crippen molar-refractivity contribution < 1.29 is 4.79 Å². The second-order valence-corrected chi connectivity index (χ2v) is 5.80. The molecule has 2 heterocycles. The van der Waals surface area contributed by atoms with Crippen LogP contribution >= 0.6 is 0 Å². The Labute approximate surface area is 119 Å². The third-order valence-electron chi connectivity index (χ3n) is 3.93. The molecule has 106 valence electrons. The molecule has 4 heteroatoms. The summed E-state index contributed by atoms with van der Waals surface area (Å²) >= 11 is 0. The summed E-state index contributed by atoms with van der Waals surface area (Å²) in [5.74, 6) is 0.218. The molecule has 1 aliphatic heterocycles. The van der Waals surface area contributed by atoms with E-state index >= 15 is 0 Å². The van der Waals surface area contributed by atoms with Crippen molar-refractivity contribution >= 4 is 16.8 Å². The lowest BCUT2D eigenvalue weighted by Crippen LogP contribution is -2.56. The molecule has 1 saturated heterocycles. The molecule has 0 radical (unpaired) electrons. The number of carbonyl (C=O) groups excluding carboxylic acids is 1. The minimum atomic E-state index is 0.218. The molecule has 2 aromatic rings. The predicted molar refractivity (Wildman–Crippen MR) is 80.6 cm³/mol. The van der Waals surface area contributed by atoms with Gasteiger partial charge in [-0.25, -0.2) is 0 Å². The number of nitrogens with zero attached hydrogens (tertiary/aromatic N) is 1. The number of para-hydroxylation sites is 1. The summed E-state index contributed by atoms with van der Waals surface area (Å²) in [4.78, 5) is 17.7. The lowest BCUT2D eigenvalue weighted by molar-refractivity contribution is -0.132. The molecule has 0 spiro atoms. The summed E-state index contributed by atoms with van der Waals surface area (Å²) in [5, 5.41) is 4.60. The monoisotopic (exact) mass is 271 g/mol. The summed E-state index contributed by atoms with van der Waals surface area (Å²) < 4.78 is 0. The van der Waals surface area contributed by atoms with Crippen molar-refractivity contribution in [2.45, 2.75) is 32.4 Å². The molecule has 2 unspecified atom stereocenters. The van der Waals surface area contributed by atoms with Gasteiger partial charge in [0.1, 0.15) is 0 Å². The summed E-state index contributed by atoms with van der Waals surface area (Å²) in [6.07, 6.45) is 2.43. The number of fused-ring (bicyclic) bond motifs is 1. The van der Waals surface area contributed by atoms with Crippen LogP contribution in [-0.2, 0) is 11.2 Å². The number of amides is 1. The molecule has 20 heavy (non-hydrogen) atoms. The predicted octanol–water partition coefficient (Wildman–Crippen LogP) is 1.92. The number of benzene rings is 1. The van der Waals surface area contributed by atoms with E-state index in [-0.39, 0.29) is 5.91 Å². The normalized spacial score (nSPS) is 23.2. The van der Waals surface area contributed by atoms with Crippen LogP contribution in [0, 0.1) is 0 Å². The summed E-state index contributed by atoms with van der Waals surface area (Å²) in [5.41, 5.74) is 2.18. The van der Waals surface area contributed by atoms with Crippen molar-refractivity contribution in [3.63, 3.8) is 0 Å². The Morgan fingerprint density at radius 2 is 1.95 bits per heavy atom. The Morgan fingerprint density at radius 3 is 2.70 bits per heavy atom. The molecule has 1 aromatic carbocycles. The van der Waals surface area contributed by atoms with Gasteiger partial charge in [-0.2, -0.15) is 0 Å². The van der Waals surface area contributed by atoms with Gasteiger partial charge in [0.05, 0.1) is 6.42 Å². The summed E-state index contributed by atoms with van der Waals surface area (Å²) in [6.45, 7) is 5.85. The number of rotatable bonds is 2. The van der Waals surface area contributed by atoms with Crippen molar-refractivity contribution in [3.8, 4) is 0 Å². The van der Waals surface area contributed by atoms with E-state index in [4.69, 9.17) is 0 Å². The lowest BCUT2D eigenvalue weighted by Gasteiger charge is -2.36. The average molecular weight is 271 g/mol. The molecule has 1 aromatic heterocycles. The number of hydrogen-bond acceptors (Lipinski definition) is 2. The first-order valence-electron chi connectivity index (χ1n) is 7.22. The van der Waals surface area contributed by atoms with Gasteiger partial charge in [-0.1, -0.05) is 18.2 Å². The molecule has 1 amide bonds. The molecule has 4 nitrogen and oxygen atoms in total. The highest BCUT2D eigenvalue weighted by Gasteiger charge is 2.25. The maximum absolute atomic E-state index is 12.5. The van der Waals surface area contributed by atoms with Crippen molar-refractivity contribution in [2.24, 2.45) is 0 Å². The van der Waals surface area contributed by atoms with E-state index in [0.717, 1.165) is 29.6 Å². The van der Waals surface area contributed by atoms with Crippen LogP contribution in [0.4, 0.5) is 0 Å². The fourth-order valence-corrected chi connectivity index (χ4v) is 3.08. The zero-order valence-electron chi connectivity index (χ0n) is 12.0. The van der Waals surface area contributed by atoms with Crippen LogP contribution in [0.25, 0.3) is 10.9 Å². The average Bonchev–Trinajstić information content (AvgIpc) is 2.81. The van der Waals surface area contributed by atoms with Crippen LogP contribution < -0.4 is 5.32 Å². The van der Waals surface area contributed by atoms with Gasteiger partial charge < -0.3 is 15.2 Å². The molecule has 0 saturated carbocycles. The third-order valence-corrected chi connectivity index (χ3v) is 3.93. The first kappa shape index (κ1) is 13.2. The molecule has 1 aliphatic rings. The smallest absolute Gasteiger partial charge is 0.227 e. The van der Waals surface area contributed by atoms with Gasteiger partial charge in [0.15, 0.2) is 0 Å². The fourth-order valence-electron chi connectivity index (χ4n) is 3.08. The summed E-state index contributed by atoms with van der Waals surface area (Å²) in [7, 11) is 0. The Kier molecular flexibility index (Phi) is 3.49. The van der Waals surface area contributed by atoms with Gasteiger partial charge in [0.25, 0.3) is 0 Å². The second kappa shape index (κ2) is 5.29. The number of aromatic nitrogens is 1. The SMILES string of the molecule is CC1CN(C(=O)Cc2c[nH]c3ccccc23)CC(C)N1. The zero-order chi connectivity index (χ0) is 14.1. The molecule has 0 bridgehead atoms. The fraction of sp³-hybridized carbons (Fsp3) is 0.438. The van der Waals surface area contributed by atoms with Crippen LogP contribution in [0.1, 0.15) is 19.4 Å².